The second kappa shape index (κ2) is 7.45. The number of nitrogens with zero attached hydrogens (tertiary/aromatic N) is 1. The van der Waals surface area contributed by atoms with Gasteiger partial charge in [-0.15, -0.1) is 0 Å². The molecule has 0 aromatic heterocycles. The summed E-state index contributed by atoms with van der Waals surface area (Å²) >= 11 is 5.70. The number of benzene rings is 1. The lowest BCUT2D eigenvalue weighted by molar-refractivity contribution is -0.119. The van der Waals surface area contributed by atoms with Gasteiger partial charge in [0.05, 0.1) is 5.02 Å². The number of hydrogen-bond donors (Lipinski definition) is 2. The van der Waals surface area contributed by atoms with E-state index in [0.717, 1.165) is 18.4 Å². The van der Waals surface area contributed by atoms with E-state index in [1.807, 2.05) is 0 Å². The van der Waals surface area contributed by atoms with Gasteiger partial charge in [-0.2, -0.15) is 0 Å². The van der Waals surface area contributed by atoms with Crippen LogP contribution in [-0.4, -0.2) is 36.0 Å². The summed E-state index contributed by atoms with van der Waals surface area (Å²) in [6, 6.07) is 4.34. The number of likely N-dealkylation sites (tertiary alicyclic amines) is 1. The van der Waals surface area contributed by atoms with Crippen molar-refractivity contribution in [3.05, 3.63) is 34.6 Å². The number of amides is 3. The fraction of sp³-hybridized carbons (Fsp3) is 0.467. The van der Waals surface area contributed by atoms with Crippen molar-refractivity contribution in [1.29, 1.82) is 0 Å². The van der Waals surface area contributed by atoms with Crippen molar-refractivity contribution in [1.82, 2.24) is 15.5 Å². The summed E-state index contributed by atoms with van der Waals surface area (Å²) in [7, 11) is 0. The molecule has 0 aliphatic carbocycles. The SMILES string of the molecule is CC(=O)NC1CCN(C(=O)NCc2ccc(F)c(Cl)c2)CC1. The van der Waals surface area contributed by atoms with Crippen molar-refractivity contribution in [2.24, 2.45) is 0 Å². The van der Waals surface area contributed by atoms with E-state index in [9.17, 15) is 14.0 Å². The van der Waals surface area contributed by atoms with Crippen LogP contribution in [0.3, 0.4) is 0 Å². The number of piperidine rings is 1. The van der Waals surface area contributed by atoms with Crippen molar-refractivity contribution in [3.8, 4) is 0 Å². The van der Waals surface area contributed by atoms with E-state index >= 15 is 0 Å². The molecular weight excluding hydrogens is 309 g/mol. The molecule has 7 heteroatoms. The molecule has 3 amide bonds. The van der Waals surface area contributed by atoms with Crippen molar-refractivity contribution < 1.29 is 14.0 Å². The highest BCUT2D eigenvalue weighted by Gasteiger charge is 2.22. The Balaban J connectivity index is 1.78. The van der Waals surface area contributed by atoms with Gasteiger partial charge in [0.25, 0.3) is 0 Å². The lowest BCUT2D eigenvalue weighted by atomic mass is 10.1. The van der Waals surface area contributed by atoms with E-state index in [1.54, 1.807) is 11.0 Å². The molecule has 1 aliphatic heterocycles. The first-order chi connectivity index (χ1) is 10.5. The van der Waals surface area contributed by atoms with Gasteiger partial charge in [-0.05, 0) is 30.5 Å². The van der Waals surface area contributed by atoms with Crippen LogP contribution in [0.2, 0.25) is 5.02 Å². The molecule has 1 aliphatic rings. The van der Waals surface area contributed by atoms with Crippen LogP contribution in [0.4, 0.5) is 9.18 Å². The number of hydrogen-bond acceptors (Lipinski definition) is 2. The van der Waals surface area contributed by atoms with Gasteiger partial charge in [0, 0.05) is 32.6 Å². The van der Waals surface area contributed by atoms with Crippen molar-refractivity contribution in [2.75, 3.05) is 13.1 Å². The van der Waals surface area contributed by atoms with Gasteiger partial charge in [-0.1, -0.05) is 17.7 Å². The van der Waals surface area contributed by atoms with Crippen molar-refractivity contribution in [3.63, 3.8) is 0 Å². The molecule has 120 valence electrons. The molecule has 0 atom stereocenters. The number of carbonyl (C=O) groups excluding carboxylic acids is 2. The van der Waals surface area contributed by atoms with Gasteiger partial charge in [-0.3, -0.25) is 4.79 Å². The number of urea groups is 1. The molecule has 2 N–H and O–H groups in total. The first-order valence-electron chi connectivity index (χ1n) is 7.19. The van der Waals surface area contributed by atoms with Crippen LogP contribution in [0.5, 0.6) is 0 Å². The fourth-order valence-corrected chi connectivity index (χ4v) is 2.66. The molecule has 0 unspecified atom stereocenters. The third kappa shape index (κ3) is 4.59. The van der Waals surface area contributed by atoms with Gasteiger partial charge in [0.15, 0.2) is 0 Å². The zero-order chi connectivity index (χ0) is 16.1. The Kier molecular flexibility index (Phi) is 5.60. The molecule has 1 aromatic carbocycles. The monoisotopic (exact) mass is 327 g/mol. The summed E-state index contributed by atoms with van der Waals surface area (Å²) in [5.74, 6) is -0.520. The molecule has 0 radical (unpaired) electrons. The molecule has 1 saturated heterocycles. The number of nitrogens with one attached hydrogen (secondary N) is 2. The average Bonchev–Trinajstić information content (AvgIpc) is 2.48. The summed E-state index contributed by atoms with van der Waals surface area (Å²) in [6.45, 7) is 2.99. The number of rotatable bonds is 3. The zero-order valence-corrected chi connectivity index (χ0v) is 13.1. The Morgan fingerprint density at radius 2 is 2.05 bits per heavy atom. The van der Waals surface area contributed by atoms with Crippen LogP contribution >= 0.6 is 11.6 Å². The second-order valence-electron chi connectivity index (χ2n) is 5.37. The minimum absolute atomic E-state index is 0.0443. The van der Waals surface area contributed by atoms with E-state index in [1.165, 1.54) is 19.1 Å². The highest BCUT2D eigenvalue weighted by atomic mass is 35.5. The molecule has 1 aromatic rings. The highest BCUT2D eigenvalue weighted by Crippen LogP contribution is 2.16. The maximum atomic E-state index is 13.1. The molecule has 0 bridgehead atoms. The second-order valence-corrected chi connectivity index (χ2v) is 5.78. The van der Waals surface area contributed by atoms with Gasteiger partial charge in [0.2, 0.25) is 5.91 Å². The molecule has 1 fully saturated rings. The maximum absolute atomic E-state index is 13.1. The normalized spacial score (nSPS) is 15.5. The summed E-state index contributed by atoms with van der Waals surface area (Å²) in [5, 5.41) is 5.70. The van der Waals surface area contributed by atoms with Gasteiger partial charge in [0.1, 0.15) is 5.82 Å². The van der Waals surface area contributed by atoms with E-state index in [-0.39, 0.29) is 23.0 Å². The largest absolute Gasteiger partial charge is 0.353 e. The topological polar surface area (TPSA) is 61.4 Å². The molecule has 0 saturated carbocycles. The minimum Gasteiger partial charge on any atom is -0.353 e. The molecule has 2 rings (SSSR count). The fourth-order valence-electron chi connectivity index (χ4n) is 2.45. The summed E-state index contributed by atoms with van der Waals surface area (Å²) in [4.78, 5) is 24.8. The molecular formula is C15H19ClFN3O2. The van der Waals surface area contributed by atoms with Gasteiger partial charge < -0.3 is 15.5 Å². The van der Waals surface area contributed by atoms with E-state index in [0.29, 0.717) is 19.6 Å². The predicted molar refractivity (Wildman–Crippen MR) is 82.1 cm³/mol. The first-order valence-corrected chi connectivity index (χ1v) is 7.57. The van der Waals surface area contributed by atoms with Gasteiger partial charge >= 0.3 is 6.03 Å². The minimum atomic E-state index is -0.475. The van der Waals surface area contributed by atoms with Crippen LogP contribution in [-0.2, 0) is 11.3 Å². The molecule has 1 heterocycles. The summed E-state index contributed by atoms with van der Waals surface area (Å²) in [6.07, 6.45) is 1.49. The third-order valence-electron chi connectivity index (χ3n) is 3.62. The average molecular weight is 328 g/mol. The third-order valence-corrected chi connectivity index (χ3v) is 3.91. The predicted octanol–water partition coefficient (Wildman–Crippen LogP) is 2.29. The molecule has 22 heavy (non-hydrogen) atoms. The molecule has 5 nitrogen and oxygen atoms in total. The van der Waals surface area contributed by atoms with Crippen molar-refractivity contribution >= 4 is 23.5 Å². The lowest BCUT2D eigenvalue weighted by Gasteiger charge is -2.32. The Morgan fingerprint density at radius 3 is 2.64 bits per heavy atom. The van der Waals surface area contributed by atoms with Crippen LogP contribution in [0.15, 0.2) is 18.2 Å². The Morgan fingerprint density at radius 1 is 1.36 bits per heavy atom. The molecule has 0 spiro atoms. The quantitative estimate of drug-likeness (QED) is 0.894. The summed E-state index contributed by atoms with van der Waals surface area (Å²) < 4.78 is 13.1. The van der Waals surface area contributed by atoms with Crippen LogP contribution < -0.4 is 10.6 Å². The number of carbonyl (C=O) groups is 2. The van der Waals surface area contributed by atoms with E-state index in [2.05, 4.69) is 10.6 Å². The van der Waals surface area contributed by atoms with Crippen LogP contribution in [0.1, 0.15) is 25.3 Å². The first kappa shape index (κ1) is 16.5. The summed E-state index contributed by atoms with van der Waals surface area (Å²) in [5.41, 5.74) is 0.743. The van der Waals surface area contributed by atoms with E-state index in [4.69, 9.17) is 11.6 Å². The zero-order valence-electron chi connectivity index (χ0n) is 12.4. The lowest BCUT2D eigenvalue weighted by Crippen LogP contribution is -2.49. The van der Waals surface area contributed by atoms with Gasteiger partial charge in [-0.25, -0.2) is 9.18 Å². The van der Waals surface area contributed by atoms with Crippen LogP contribution in [0, 0.1) is 5.82 Å². The number of halogens is 2. The van der Waals surface area contributed by atoms with E-state index < -0.39 is 5.82 Å². The Labute approximate surface area is 133 Å². The standard InChI is InChI=1S/C15H19ClFN3O2/c1-10(21)19-12-4-6-20(7-5-12)15(22)18-9-11-2-3-14(17)13(16)8-11/h2-3,8,12H,4-7,9H2,1H3,(H,18,22)(H,19,21). The smallest absolute Gasteiger partial charge is 0.317 e. The van der Waals surface area contributed by atoms with Crippen LogP contribution in [0.25, 0.3) is 0 Å². The maximum Gasteiger partial charge on any atom is 0.317 e. The Hall–Kier alpha value is -1.82. The Bertz CT molecular complexity index is 560. The highest BCUT2D eigenvalue weighted by molar-refractivity contribution is 6.30. The van der Waals surface area contributed by atoms with Crippen molar-refractivity contribution in [2.45, 2.75) is 32.4 Å².